The number of hydrogen-bond donors (Lipinski definition) is 2. The van der Waals surface area contributed by atoms with Gasteiger partial charge in [-0.2, -0.15) is 0 Å². The van der Waals surface area contributed by atoms with Crippen LogP contribution in [0.5, 0.6) is 0 Å². The van der Waals surface area contributed by atoms with Crippen LogP contribution in [0.25, 0.3) is 11.0 Å². The molecule has 0 bridgehead atoms. The number of fused-ring (bicyclic) bond motifs is 1. The molecule has 8 aromatic rings. The van der Waals surface area contributed by atoms with Crippen LogP contribution >= 0.6 is 0 Å². The van der Waals surface area contributed by atoms with E-state index in [1.807, 2.05) is 140 Å². The van der Waals surface area contributed by atoms with Gasteiger partial charge in [0.1, 0.15) is 17.8 Å². The average Bonchev–Trinajstić information content (AvgIpc) is 4.07. The first kappa shape index (κ1) is 83.9. The highest BCUT2D eigenvalue weighted by Gasteiger charge is 2.11. The van der Waals surface area contributed by atoms with Gasteiger partial charge in [-0.15, -0.1) is 0 Å². The highest BCUT2D eigenvalue weighted by Crippen LogP contribution is 2.25. The van der Waals surface area contributed by atoms with E-state index in [2.05, 4.69) is 171 Å². The van der Waals surface area contributed by atoms with Gasteiger partial charge in [-0.3, -0.25) is 30.0 Å². The molecule has 0 spiro atoms. The Labute approximate surface area is 542 Å². The summed E-state index contributed by atoms with van der Waals surface area (Å²) in [6.45, 7) is 43.9. The van der Waals surface area contributed by atoms with Gasteiger partial charge in [0.25, 0.3) is 5.69 Å². The fraction of sp³-hybridized carbons (Fsp3) is 0.494. The largest absolute Gasteiger partial charge is 0.379 e. The van der Waals surface area contributed by atoms with E-state index < -0.39 is 4.92 Å². The smallest absolute Gasteiger partial charge is 0.287 e. The third kappa shape index (κ3) is 44.0. The molecular weight excluding hydrogens is 1100 g/mol. The van der Waals surface area contributed by atoms with Crippen molar-refractivity contribution in [2.45, 2.75) is 201 Å². The number of anilines is 1. The quantitative estimate of drug-likeness (QED) is 0.0895. The molecule has 1 saturated heterocycles. The summed E-state index contributed by atoms with van der Waals surface area (Å²) in [6, 6.07) is 46.2. The maximum Gasteiger partial charge on any atom is 0.287 e. The first-order valence-electron chi connectivity index (χ1n) is 33.7. The number of aryl methyl sites for hydroxylation is 6. The number of aromatic nitrogens is 6. The maximum absolute atomic E-state index is 10.2. The summed E-state index contributed by atoms with van der Waals surface area (Å²) in [6.07, 6.45) is 22.7. The number of aromatic amines is 1. The van der Waals surface area contributed by atoms with Gasteiger partial charge in [0.2, 0.25) is 0 Å². The van der Waals surface area contributed by atoms with Crippen LogP contribution in [-0.4, -0.2) is 79.1 Å². The first-order valence-corrected chi connectivity index (χ1v) is 33.7. The van der Waals surface area contributed by atoms with Crippen molar-refractivity contribution in [3.05, 3.63) is 220 Å². The van der Waals surface area contributed by atoms with E-state index in [0.29, 0.717) is 11.7 Å². The number of hydrogen-bond acceptors (Lipinski definition) is 10. The molecule has 0 unspecified atom stereocenters. The molecule has 3 aromatic carbocycles. The molecule has 12 nitrogen and oxygen atoms in total. The molecule has 6 heterocycles. The minimum Gasteiger partial charge on any atom is -0.379 e. The fourth-order valence-corrected chi connectivity index (χ4v) is 8.33. The summed E-state index contributed by atoms with van der Waals surface area (Å²) < 4.78 is 5.24. The number of pyridine rings is 4. The highest BCUT2D eigenvalue weighted by molar-refractivity contribution is 5.74. The molecule has 12 heteroatoms. The molecule has 1 saturated carbocycles. The van der Waals surface area contributed by atoms with Crippen LogP contribution in [0.3, 0.4) is 0 Å². The second-order valence-electron chi connectivity index (χ2n) is 20.9. The molecule has 2 N–H and O–H groups in total. The number of ether oxygens (including phenoxy) is 1. The zero-order valence-electron chi connectivity index (χ0n) is 58.8. The zero-order chi connectivity index (χ0) is 66.7. The van der Waals surface area contributed by atoms with Gasteiger partial charge in [-0.05, 0) is 123 Å². The van der Waals surface area contributed by atoms with Crippen LogP contribution in [-0.2, 0) is 36.8 Å². The van der Waals surface area contributed by atoms with Crippen molar-refractivity contribution in [1.29, 1.82) is 0 Å². The molecule has 1 aliphatic heterocycles. The fourth-order valence-electron chi connectivity index (χ4n) is 8.33. The predicted molar refractivity (Wildman–Crippen MR) is 385 cm³/mol. The van der Waals surface area contributed by atoms with Gasteiger partial charge < -0.3 is 15.0 Å². The van der Waals surface area contributed by atoms with E-state index in [1.165, 1.54) is 79.6 Å². The Morgan fingerprint density at radius 1 is 0.596 bits per heavy atom. The Hall–Kier alpha value is -7.15. The number of morpholine rings is 1. The Balaban J connectivity index is 0. The van der Waals surface area contributed by atoms with Crippen LogP contribution in [0.2, 0.25) is 0 Å². The van der Waals surface area contributed by atoms with E-state index in [4.69, 9.17) is 4.74 Å². The molecule has 5 aromatic heterocycles. The second-order valence-corrected chi connectivity index (χ2v) is 20.9. The predicted octanol–water partition coefficient (Wildman–Crippen LogP) is 20.9. The zero-order valence-corrected chi connectivity index (χ0v) is 58.8. The van der Waals surface area contributed by atoms with E-state index in [0.717, 1.165) is 105 Å². The molecule has 89 heavy (non-hydrogen) atoms. The standard InChI is InChI=1S/C9H10N2.2C9H12.C8H17NO.C8H16.C7H9N3O2.3C7H9N.3C2H6/c1-2-9-10-7-5-3-4-6-8(7)11-9;1-8(2)9-6-4-3-5-7-9;1-3-9-6-4-8(2)5-7-9;1-8(2)7-9-3-5-10-6-4-9;1-2-8-6-4-3-5-7-8;1-2-8-7-4-3-6(5-9-7)10(11)12;1-2-7-4-3-5-8-6-7;2*1-2-7-5-3-4-6-8-7;3*1-2/h3-6H,2H2,1H3,(H,10,11);3-8H,1-2H3;4-7H,3H2,1-2H3;8H,3-7H2,1-2H3;8H,2-7H2,1H3;3-5H,2H2,1H3,(H,8,9);3*3-6H,2H2,1H3;3*1-2H3. The number of para-hydroxylation sites is 2. The summed E-state index contributed by atoms with van der Waals surface area (Å²) in [4.78, 5) is 35.8. The molecule has 1 aliphatic carbocycles. The Kier molecular flexibility index (Phi) is 55.2. The minimum atomic E-state index is -0.470. The van der Waals surface area contributed by atoms with Crippen molar-refractivity contribution in [1.82, 2.24) is 34.8 Å². The van der Waals surface area contributed by atoms with Crippen molar-refractivity contribution >= 4 is 22.5 Å². The number of nitro groups is 1. The summed E-state index contributed by atoms with van der Waals surface area (Å²) in [5.41, 5.74) is 9.99. The molecule has 0 atom stereocenters. The monoisotopic (exact) mass is 1220 g/mol. The molecule has 2 aliphatic rings. The second kappa shape index (κ2) is 58.5. The Morgan fingerprint density at radius 3 is 1.54 bits per heavy atom. The van der Waals surface area contributed by atoms with Crippen molar-refractivity contribution < 1.29 is 9.66 Å². The van der Waals surface area contributed by atoms with Gasteiger partial charge in [0, 0.05) is 74.8 Å². The molecule has 2 fully saturated rings. The Bertz CT molecular complexity index is 2610. The first-order chi connectivity index (χ1) is 43.3. The number of imidazole rings is 1. The van der Waals surface area contributed by atoms with Crippen LogP contribution < -0.4 is 5.32 Å². The third-order valence-electron chi connectivity index (χ3n) is 13.4. The van der Waals surface area contributed by atoms with Crippen LogP contribution in [0.1, 0.15) is 202 Å². The van der Waals surface area contributed by atoms with E-state index in [1.54, 1.807) is 12.3 Å². The van der Waals surface area contributed by atoms with Crippen molar-refractivity contribution in [3.63, 3.8) is 0 Å². The Morgan fingerprint density at radius 2 is 1.16 bits per heavy atom. The lowest BCUT2D eigenvalue weighted by Gasteiger charge is -2.27. The van der Waals surface area contributed by atoms with Gasteiger partial charge in [-0.25, -0.2) is 9.97 Å². The summed E-state index contributed by atoms with van der Waals surface area (Å²) in [7, 11) is 0. The lowest BCUT2D eigenvalue weighted by Crippen LogP contribution is -2.38. The molecule has 0 amide bonds. The van der Waals surface area contributed by atoms with Crippen LogP contribution in [0, 0.1) is 28.9 Å². The molecular formula is C77H121N9O3. The molecule has 492 valence electrons. The van der Waals surface area contributed by atoms with E-state index in [9.17, 15) is 10.1 Å². The normalized spacial score (nSPS) is 11.8. The van der Waals surface area contributed by atoms with Crippen molar-refractivity contribution in [2.24, 2.45) is 11.8 Å². The van der Waals surface area contributed by atoms with E-state index >= 15 is 0 Å². The van der Waals surface area contributed by atoms with Crippen molar-refractivity contribution in [3.8, 4) is 0 Å². The molecule has 0 radical (unpaired) electrons. The SMILES string of the molecule is CC.CC.CC.CC(C)CN1CCOCC1.CC(C)c1ccccc1.CCC1CCCCC1.CCNc1ccc([N+](=O)[O-])cn1.CCc1ccc(C)cc1.CCc1ccccn1.CCc1ccccn1.CCc1cccnc1.CCc1nc2ccccc2[nH]1. The van der Waals surface area contributed by atoms with Crippen molar-refractivity contribution in [2.75, 3.05) is 44.7 Å². The van der Waals surface area contributed by atoms with Crippen LogP contribution in [0.4, 0.5) is 11.5 Å². The number of rotatable bonds is 12. The lowest BCUT2D eigenvalue weighted by atomic mass is 9.88. The maximum atomic E-state index is 10.2. The summed E-state index contributed by atoms with van der Waals surface area (Å²) in [5, 5.41) is 13.2. The third-order valence-corrected chi connectivity index (χ3v) is 13.4. The van der Waals surface area contributed by atoms with Crippen LogP contribution in [0.15, 0.2) is 171 Å². The minimum absolute atomic E-state index is 0.0108. The highest BCUT2D eigenvalue weighted by atomic mass is 16.6. The van der Waals surface area contributed by atoms with Gasteiger partial charge in [0.15, 0.2) is 0 Å². The number of nitrogens with one attached hydrogen (secondary N) is 2. The van der Waals surface area contributed by atoms with E-state index in [-0.39, 0.29) is 5.69 Å². The topological polar surface area (TPSA) is 148 Å². The average molecular weight is 1220 g/mol. The van der Waals surface area contributed by atoms with Gasteiger partial charge in [-0.1, -0.05) is 240 Å². The summed E-state index contributed by atoms with van der Waals surface area (Å²) >= 11 is 0. The van der Waals surface area contributed by atoms with Gasteiger partial charge in [0.05, 0.1) is 29.2 Å². The van der Waals surface area contributed by atoms with Gasteiger partial charge >= 0.3 is 0 Å². The number of benzene rings is 3. The number of H-pyrrole nitrogens is 1. The summed E-state index contributed by atoms with van der Waals surface area (Å²) in [5.74, 6) is 4.25. The molecule has 10 rings (SSSR count). The number of nitrogens with zero attached hydrogens (tertiary/aromatic N) is 7. The lowest BCUT2D eigenvalue weighted by molar-refractivity contribution is -0.385.